The van der Waals surface area contributed by atoms with Crippen LogP contribution in [0.2, 0.25) is 0 Å². The molecule has 1 aromatic rings. The lowest BCUT2D eigenvalue weighted by molar-refractivity contribution is -0.122. The molecule has 2 bridgehead atoms. The standard InChI is InChI=1S/C21H30N2O3.ClH/c1-3-25-19-10-15-7-12(2)26-18(15)11-17(19)23-21(24)16-8-13-5-4-6-14(9-16)20(13)22;/h10-14,16,20H,3-9,22H2,1-2H3,(H,23,24);1H. The minimum atomic E-state index is 0. The lowest BCUT2D eigenvalue weighted by atomic mass is 9.65. The summed E-state index contributed by atoms with van der Waals surface area (Å²) in [5.41, 5.74) is 8.25. The van der Waals surface area contributed by atoms with Crippen LogP contribution in [0, 0.1) is 17.8 Å². The molecule has 3 N–H and O–H groups in total. The number of carbonyl (C=O) groups excluding carboxylic acids is 1. The predicted octanol–water partition coefficient (Wildman–Crippen LogP) is 3.92. The molecule has 5 nitrogen and oxygen atoms in total. The number of anilines is 1. The van der Waals surface area contributed by atoms with Crippen LogP contribution < -0.4 is 20.5 Å². The van der Waals surface area contributed by atoms with E-state index in [1.807, 2.05) is 19.1 Å². The normalized spacial score (nSPS) is 31.3. The van der Waals surface area contributed by atoms with Gasteiger partial charge in [-0.2, -0.15) is 0 Å². The Morgan fingerprint density at radius 1 is 1.30 bits per heavy atom. The molecule has 150 valence electrons. The van der Waals surface area contributed by atoms with Gasteiger partial charge in [0.25, 0.3) is 0 Å². The third-order valence-electron chi connectivity index (χ3n) is 6.34. The van der Waals surface area contributed by atoms with Gasteiger partial charge in [0.2, 0.25) is 5.91 Å². The van der Waals surface area contributed by atoms with Crippen molar-refractivity contribution in [3.05, 3.63) is 17.7 Å². The summed E-state index contributed by atoms with van der Waals surface area (Å²) in [5.74, 6) is 2.74. The summed E-state index contributed by atoms with van der Waals surface area (Å²) < 4.78 is 11.6. The number of benzene rings is 1. The van der Waals surface area contributed by atoms with Crippen LogP contribution in [0.4, 0.5) is 5.69 Å². The summed E-state index contributed by atoms with van der Waals surface area (Å²) in [5, 5.41) is 3.13. The van der Waals surface area contributed by atoms with Crippen molar-refractivity contribution in [3.63, 3.8) is 0 Å². The Kier molecular flexibility index (Phi) is 6.21. The molecule has 0 saturated heterocycles. The number of nitrogens with two attached hydrogens (primary N) is 1. The summed E-state index contributed by atoms with van der Waals surface area (Å²) in [6, 6.07) is 4.22. The fourth-order valence-electron chi connectivity index (χ4n) is 5.05. The molecular formula is C21H31ClN2O3. The maximum atomic E-state index is 13.0. The molecule has 6 heteroatoms. The Bertz CT molecular complexity index is 682. The van der Waals surface area contributed by atoms with Crippen molar-refractivity contribution in [2.45, 2.75) is 64.5 Å². The molecule has 27 heavy (non-hydrogen) atoms. The maximum Gasteiger partial charge on any atom is 0.227 e. The number of hydrogen-bond donors (Lipinski definition) is 2. The highest BCUT2D eigenvalue weighted by Crippen LogP contribution is 2.43. The second-order valence-electron chi connectivity index (χ2n) is 8.21. The van der Waals surface area contributed by atoms with Gasteiger partial charge >= 0.3 is 0 Å². The molecule has 0 radical (unpaired) electrons. The summed E-state index contributed by atoms with van der Waals surface area (Å²) in [6.45, 7) is 4.59. The molecule has 2 fully saturated rings. The lowest BCUT2D eigenvalue weighted by Gasteiger charge is -2.43. The quantitative estimate of drug-likeness (QED) is 0.811. The maximum absolute atomic E-state index is 13.0. The zero-order valence-electron chi connectivity index (χ0n) is 16.2. The highest BCUT2D eigenvalue weighted by molar-refractivity contribution is 5.94. The second kappa shape index (κ2) is 8.27. The van der Waals surface area contributed by atoms with Gasteiger partial charge in [0.1, 0.15) is 17.6 Å². The largest absolute Gasteiger partial charge is 0.492 e. The van der Waals surface area contributed by atoms with E-state index in [1.165, 1.54) is 6.42 Å². The Morgan fingerprint density at radius 3 is 2.67 bits per heavy atom. The fourth-order valence-corrected chi connectivity index (χ4v) is 5.05. The van der Waals surface area contributed by atoms with E-state index in [4.69, 9.17) is 15.2 Å². The van der Waals surface area contributed by atoms with E-state index in [9.17, 15) is 4.79 Å². The second-order valence-corrected chi connectivity index (χ2v) is 8.21. The number of amides is 1. The molecule has 4 rings (SSSR count). The molecule has 3 aliphatic rings. The third-order valence-corrected chi connectivity index (χ3v) is 6.34. The molecule has 3 unspecified atom stereocenters. The molecule has 2 saturated carbocycles. The average molecular weight is 395 g/mol. The molecule has 1 aliphatic heterocycles. The molecule has 0 spiro atoms. The molecule has 3 atom stereocenters. The average Bonchev–Trinajstić information content (AvgIpc) is 2.94. The van der Waals surface area contributed by atoms with E-state index in [0.717, 1.165) is 54.9 Å². The van der Waals surface area contributed by atoms with E-state index in [2.05, 4.69) is 12.2 Å². The van der Waals surface area contributed by atoms with Crippen LogP contribution in [0.15, 0.2) is 12.1 Å². The zero-order chi connectivity index (χ0) is 18.3. The zero-order valence-corrected chi connectivity index (χ0v) is 17.0. The van der Waals surface area contributed by atoms with Crippen molar-refractivity contribution in [1.82, 2.24) is 0 Å². The number of nitrogens with one attached hydrogen (secondary N) is 1. The van der Waals surface area contributed by atoms with Crippen molar-refractivity contribution in [1.29, 1.82) is 0 Å². The Morgan fingerprint density at radius 2 is 2.00 bits per heavy atom. The van der Waals surface area contributed by atoms with Crippen molar-refractivity contribution in [2.24, 2.45) is 23.5 Å². The lowest BCUT2D eigenvalue weighted by Crippen LogP contribution is -2.48. The number of halogens is 1. The van der Waals surface area contributed by atoms with Crippen molar-refractivity contribution in [2.75, 3.05) is 11.9 Å². The van der Waals surface area contributed by atoms with Crippen LogP contribution in [0.25, 0.3) is 0 Å². The number of hydrogen-bond acceptors (Lipinski definition) is 4. The molecule has 1 heterocycles. The van der Waals surface area contributed by atoms with Crippen LogP contribution in [0.1, 0.15) is 51.5 Å². The van der Waals surface area contributed by atoms with Gasteiger partial charge in [-0.1, -0.05) is 6.42 Å². The number of ether oxygens (including phenoxy) is 2. The van der Waals surface area contributed by atoms with Gasteiger partial charge in [-0.25, -0.2) is 0 Å². The summed E-state index contributed by atoms with van der Waals surface area (Å²) in [7, 11) is 0. The number of carbonyl (C=O) groups is 1. The van der Waals surface area contributed by atoms with Gasteiger partial charge in [0.15, 0.2) is 0 Å². The van der Waals surface area contributed by atoms with Gasteiger partial charge < -0.3 is 20.5 Å². The molecule has 0 aromatic heterocycles. The van der Waals surface area contributed by atoms with Gasteiger partial charge in [-0.15, -0.1) is 12.4 Å². The minimum absolute atomic E-state index is 0. The predicted molar refractivity (Wildman–Crippen MR) is 109 cm³/mol. The van der Waals surface area contributed by atoms with Crippen molar-refractivity contribution < 1.29 is 14.3 Å². The van der Waals surface area contributed by atoms with Gasteiger partial charge in [0, 0.05) is 30.0 Å². The molecule has 1 amide bonds. The molecular weight excluding hydrogens is 364 g/mol. The summed E-state index contributed by atoms with van der Waals surface area (Å²) in [6.07, 6.45) is 6.45. The van der Waals surface area contributed by atoms with Crippen LogP contribution in [0.3, 0.4) is 0 Å². The van der Waals surface area contributed by atoms with Gasteiger partial charge in [-0.05, 0) is 57.4 Å². The smallest absolute Gasteiger partial charge is 0.227 e. The number of rotatable bonds is 4. The summed E-state index contributed by atoms with van der Waals surface area (Å²) >= 11 is 0. The fraction of sp³-hybridized carbons (Fsp3) is 0.667. The van der Waals surface area contributed by atoms with Crippen molar-refractivity contribution >= 4 is 24.0 Å². The van der Waals surface area contributed by atoms with E-state index in [1.54, 1.807) is 0 Å². The molecule has 1 aromatic carbocycles. The monoisotopic (exact) mass is 394 g/mol. The first-order valence-corrected chi connectivity index (χ1v) is 10.1. The minimum Gasteiger partial charge on any atom is -0.492 e. The first-order chi connectivity index (χ1) is 12.5. The first-order valence-electron chi connectivity index (χ1n) is 10.1. The van der Waals surface area contributed by atoms with Crippen LogP contribution in [-0.2, 0) is 11.2 Å². The SMILES string of the molecule is CCOc1cc2c(cc1NC(=O)C1CC3CCCC(C1)C3N)OC(C)C2.Cl. The topological polar surface area (TPSA) is 73.6 Å². The Hall–Kier alpha value is -1.46. The first kappa shape index (κ1) is 20.3. The molecule has 2 aliphatic carbocycles. The number of fused-ring (bicyclic) bond motifs is 3. The van der Waals surface area contributed by atoms with Crippen molar-refractivity contribution in [3.8, 4) is 11.5 Å². The van der Waals surface area contributed by atoms with Gasteiger partial charge in [0.05, 0.1) is 12.3 Å². The van der Waals surface area contributed by atoms with E-state index >= 15 is 0 Å². The van der Waals surface area contributed by atoms with Crippen LogP contribution in [0.5, 0.6) is 11.5 Å². The van der Waals surface area contributed by atoms with E-state index in [-0.39, 0.29) is 36.4 Å². The third kappa shape index (κ3) is 4.04. The van der Waals surface area contributed by atoms with E-state index in [0.29, 0.717) is 18.4 Å². The highest BCUT2D eigenvalue weighted by atomic mass is 35.5. The van der Waals surface area contributed by atoms with Crippen LogP contribution in [-0.4, -0.2) is 24.7 Å². The van der Waals surface area contributed by atoms with Gasteiger partial charge in [-0.3, -0.25) is 4.79 Å². The Balaban J connectivity index is 0.00000210. The van der Waals surface area contributed by atoms with Crippen LogP contribution >= 0.6 is 12.4 Å². The summed E-state index contributed by atoms with van der Waals surface area (Å²) in [4.78, 5) is 13.0. The van der Waals surface area contributed by atoms with E-state index < -0.39 is 0 Å². The highest BCUT2D eigenvalue weighted by Gasteiger charge is 2.40. The Labute approximate surface area is 167 Å².